The van der Waals surface area contributed by atoms with Crippen LogP contribution in [0.25, 0.3) is 0 Å². The smallest absolute Gasteiger partial charge is 0.158 e. The van der Waals surface area contributed by atoms with E-state index in [4.69, 9.17) is 4.74 Å². The Morgan fingerprint density at radius 3 is 2.47 bits per heavy atom. The summed E-state index contributed by atoms with van der Waals surface area (Å²) in [6.07, 6.45) is 9.95. The second-order valence-corrected chi connectivity index (χ2v) is 4.65. The maximum Gasteiger partial charge on any atom is 0.158 e. The maximum atomic E-state index is 11.9. The number of carbonyl (C=O) groups excluding carboxylic acids is 1. The van der Waals surface area contributed by atoms with Gasteiger partial charge in [-0.05, 0) is 44.6 Å². The monoisotopic (exact) mass is 208 g/mol. The third-order valence-corrected chi connectivity index (χ3v) is 3.47. The van der Waals surface area contributed by atoms with Gasteiger partial charge in [-0.25, -0.2) is 0 Å². The van der Waals surface area contributed by atoms with Crippen LogP contribution in [0.5, 0.6) is 0 Å². The van der Waals surface area contributed by atoms with Gasteiger partial charge < -0.3 is 4.74 Å². The van der Waals surface area contributed by atoms with Gasteiger partial charge in [0.1, 0.15) is 0 Å². The molecule has 0 N–H and O–H groups in total. The molecule has 0 bridgehead atoms. The van der Waals surface area contributed by atoms with Gasteiger partial charge in [-0.3, -0.25) is 4.79 Å². The van der Waals surface area contributed by atoms with Gasteiger partial charge >= 0.3 is 0 Å². The molecular weight excluding hydrogens is 188 g/mol. The van der Waals surface area contributed by atoms with Crippen molar-refractivity contribution in [1.82, 2.24) is 0 Å². The van der Waals surface area contributed by atoms with Gasteiger partial charge in [-0.1, -0.05) is 12.0 Å². The Morgan fingerprint density at radius 1 is 1.13 bits per heavy atom. The number of ether oxygens (including phenoxy) is 1. The zero-order valence-corrected chi connectivity index (χ0v) is 9.34. The van der Waals surface area contributed by atoms with E-state index in [9.17, 15) is 4.79 Å². The number of ketones is 1. The van der Waals surface area contributed by atoms with E-state index >= 15 is 0 Å². The Morgan fingerprint density at radius 2 is 1.80 bits per heavy atom. The van der Waals surface area contributed by atoms with E-state index in [2.05, 4.69) is 0 Å². The van der Waals surface area contributed by atoms with Crippen LogP contribution in [0.4, 0.5) is 0 Å². The van der Waals surface area contributed by atoms with Crippen molar-refractivity contribution in [3.05, 3.63) is 11.6 Å². The molecule has 0 amide bonds. The van der Waals surface area contributed by atoms with Crippen LogP contribution in [-0.4, -0.2) is 19.0 Å². The lowest BCUT2D eigenvalue weighted by molar-refractivity contribution is -0.120. The standard InChI is InChI=1S/C13H20O2/c14-13(12-6-8-15-9-7-12)10-11-4-2-1-3-5-11/h10,12H,1-9H2. The summed E-state index contributed by atoms with van der Waals surface area (Å²) in [6.45, 7) is 1.53. The normalized spacial score (nSPS) is 23.9. The second kappa shape index (κ2) is 5.45. The first-order chi connectivity index (χ1) is 7.36. The average Bonchev–Trinajstić information content (AvgIpc) is 2.31. The second-order valence-electron chi connectivity index (χ2n) is 4.65. The zero-order valence-electron chi connectivity index (χ0n) is 9.34. The highest BCUT2D eigenvalue weighted by Crippen LogP contribution is 2.24. The van der Waals surface area contributed by atoms with Gasteiger partial charge in [0.25, 0.3) is 0 Å². The summed E-state index contributed by atoms with van der Waals surface area (Å²) in [6, 6.07) is 0. The molecular formula is C13H20O2. The van der Waals surface area contributed by atoms with Crippen LogP contribution in [0.15, 0.2) is 11.6 Å². The summed E-state index contributed by atoms with van der Waals surface area (Å²) in [4.78, 5) is 11.9. The molecule has 0 unspecified atom stereocenters. The van der Waals surface area contributed by atoms with Gasteiger partial charge in [-0.15, -0.1) is 0 Å². The van der Waals surface area contributed by atoms with Crippen molar-refractivity contribution < 1.29 is 9.53 Å². The predicted octanol–water partition coefficient (Wildman–Crippen LogP) is 2.87. The Labute approximate surface area is 91.7 Å². The van der Waals surface area contributed by atoms with E-state index in [0.717, 1.165) is 38.9 Å². The molecule has 2 heteroatoms. The molecule has 2 rings (SSSR count). The molecule has 15 heavy (non-hydrogen) atoms. The third-order valence-electron chi connectivity index (χ3n) is 3.47. The van der Waals surface area contributed by atoms with Gasteiger partial charge in [0.15, 0.2) is 5.78 Å². The maximum absolute atomic E-state index is 11.9. The molecule has 1 saturated heterocycles. The number of hydrogen-bond acceptors (Lipinski definition) is 2. The molecule has 1 aliphatic heterocycles. The largest absolute Gasteiger partial charge is 0.381 e. The first kappa shape index (κ1) is 10.9. The first-order valence-electron chi connectivity index (χ1n) is 6.17. The van der Waals surface area contributed by atoms with Crippen LogP contribution in [-0.2, 0) is 9.53 Å². The van der Waals surface area contributed by atoms with E-state index in [1.807, 2.05) is 6.08 Å². The Bertz CT molecular complexity index is 241. The van der Waals surface area contributed by atoms with Gasteiger partial charge in [0.05, 0.1) is 0 Å². The average molecular weight is 208 g/mol. The molecule has 2 nitrogen and oxygen atoms in total. The fourth-order valence-electron chi connectivity index (χ4n) is 2.45. The molecule has 1 saturated carbocycles. The van der Waals surface area contributed by atoms with Crippen LogP contribution < -0.4 is 0 Å². The topological polar surface area (TPSA) is 26.3 Å². The molecule has 0 aromatic carbocycles. The Balaban J connectivity index is 1.88. The molecule has 1 heterocycles. The Hall–Kier alpha value is -0.630. The first-order valence-corrected chi connectivity index (χ1v) is 6.17. The summed E-state index contributed by atoms with van der Waals surface area (Å²) in [5, 5.41) is 0. The highest BCUT2D eigenvalue weighted by atomic mass is 16.5. The molecule has 2 fully saturated rings. The molecule has 0 radical (unpaired) electrons. The van der Waals surface area contributed by atoms with Crippen molar-refractivity contribution in [2.24, 2.45) is 5.92 Å². The zero-order chi connectivity index (χ0) is 10.5. The fourth-order valence-corrected chi connectivity index (χ4v) is 2.45. The van der Waals surface area contributed by atoms with E-state index in [1.165, 1.54) is 24.8 Å². The van der Waals surface area contributed by atoms with Gasteiger partial charge in [0.2, 0.25) is 0 Å². The van der Waals surface area contributed by atoms with Gasteiger partial charge in [-0.2, -0.15) is 0 Å². The minimum Gasteiger partial charge on any atom is -0.381 e. The summed E-state index contributed by atoms with van der Waals surface area (Å²) in [5.41, 5.74) is 1.39. The highest BCUT2D eigenvalue weighted by molar-refractivity contribution is 5.92. The molecule has 0 aromatic heterocycles. The van der Waals surface area contributed by atoms with E-state index in [1.54, 1.807) is 0 Å². The number of allylic oxidation sites excluding steroid dienone is 2. The summed E-state index contributed by atoms with van der Waals surface area (Å²) in [7, 11) is 0. The van der Waals surface area contributed by atoms with Crippen LogP contribution in [0.2, 0.25) is 0 Å². The number of hydrogen-bond donors (Lipinski definition) is 0. The van der Waals surface area contributed by atoms with Crippen LogP contribution in [0.3, 0.4) is 0 Å². The number of rotatable bonds is 2. The predicted molar refractivity (Wildman–Crippen MR) is 59.7 cm³/mol. The SMILES string of the molecule is O=C(C=C1CCCCC1)C1CCOCC1. The summed E-state index contributed by atoms with van der Waals surface area (Å²) >= 11 is 0. The lowest BCUT2D eigenvalue weighted by Crippen LogP contribution is -2.22. The summed E-state index contributed by atoms with van der Waals surface area (Å²) in [5.74, 6) is 0.600. The van der Waals surface area contributed by atoms with E-state index in [-0.39, 0.29) is 5.92 Å². The minimum absolute atomic E-state index is 0.244. The molecule has 0 atom stereocenters. The third kappa shape index (κ3) is 3.16. The fraction of sp³-hybridized carbons (Fsp3) is 0.769. The summed E-state index contributed by atoms with van der Waals surface area (Å²) < 4.78 is 5.27. The van der Waals surface area contributed by atoms with Gasteiger partial charge in [0, 0.05) is 19.1 Å². The quantitative estimate of drug-likeness (QED) is 0.652. The van der Waals surface area contributed by atoms with Crippen LogP contribution in [0, 0.1) is 5.92 Å². The number of carbonyl (C=O) groups is 1. The van der Waals surface area contributed by atoms with Crippen molar-refractivity contribution in [1.29, 1.82) is 0 Å². The molecule has 84 valence electrons. The molecule has 1 aliphatic carbocycles. The minimum atomic E-state index is 0.244. The molecule has 2 aliphatic rings. The van der Waals surface area contributed by atoms with E-state index < -0.39 is 0 Å². The molecule has 0 aromatic rings. The lowest BCUT2D eigenvalue weighted by Gasteiger charge is -2.20. The van der Waals surface area contributed by atoms with Crippen LogP contribution >= 0.6 is 0 Å². The van der Waals surface area contributed by atoms with Crippen molar-refractivity contribution in [3.63, 3.8) is 0 Å². The lowest BCUT2D eigenvalue weighted by atomic mass is 9.89. The van der Waals surface area contributed by atoms with Crippen molar-refractivity contribution in [2.75, 3.05) is 13.2 Å². The Kier molecular flexibility index (Phi) is 3.95. The highest BCUT2D eigenvalue weighted by Gasteiger charge is 2.20. The van der Waals surface area contributed by atoms with Crippen molar-refractivity contribution >= 4 is 5.78 Å². The molecule has 0 spiro atoms. The van der Waals surface area contributed by atoms with E-state index in [0.29, 0.717) is 5.78 Å². The van der Waals surface area contributed by atoms with Crippen molar-refractivity contribution in [2.45, 2.75) is 44.9 Å². The van der Waals surface area contributed by atoms with Crippen LogP contribution in [0.1, 0.15) is 44.9 Å². The van der Waals surface area contributed by atoms with Crippen molar-refractivity contribution in [3.8, 4) is 0 Å².